The van der Waals surface area contributed by atoms with Crippen molar-refractivity contribution in [2.24, 2.45) is 0 Å². The lowest BCUT2D eigenvalue weighted by Crippen LogP contribution is -2.21. The summed E-state index contributed by atoms with van der Waals surface area (Å²) < 4.78 is 5.95. The number of imidazole rings is 1. The van der Waals surface area contributed by atoms with Crippen molar-refractivity contribution in [3.05, 3.63) is 25.0 Å². The molecule has 0 aliphatic carbocycles. The van der Waals surface area contributed by atoms with Crippen molar-refractivity contribution in [1.82, 2.24) is 18.9 Å². The highest BCUT2D eigenvalue weighted by Crippen LogP contribution is 2.08. The molecule has 1 atom stereocenters. The minimum absolute atomic E-state index is 0.317. The van der Waals surface area contributed by atoms with Gasteiger partial charge in [-0.1, -0.05) is 0 Å². The van der Waals surface area contributed by atoms with Crippen molar-refractivity contribution in [3.63, 3.8) is 0 Å². The predicted octanol–water partition coefficient (Wildman–Crippen LogP) is 1.24. The number of aromatic nitrogens is 4. The molecule has 1 N–H and O–H groups in total. The Morgan fingerprint density at radius 1 is 1.64 bits per heavy atom. The summed E-state index contributed by atoms with van der Waals surface area (Å²) in [7, 11) is 0. The number of anilines is 1. The third-order valence-corrected chi connectivity index (χ3v) is 2.37. The molecule has 0 saturated carbocycles. The molecule has 0 amide bonds. The van der Waals surface area contributed by atoms with Crippen molar-refractivity contribution in [3.8, 4) is 0 Å². The predicted molar refractivity (Wildman–Crippen MR) is 55.2 cm³/mol. The summed E-state index contributed by atoms with van der Waals surface area (Å²) >= 11 is 1.37. The van der Waals surface area contributed by atoms with Gasteiger partial charge in [-0.2, -0.15) is 4.37 Å². The van der Waals surface area contributed by atoms with Crippen molar-refractivity contribution >= 4 is 16.7 Å². The van der Waals surface area contributed by atoms with Crippen LogP contribution in [0.1, 0.15) is 6.92 Å². The van der Waals surface area contributed by atoms with Gasteiger partial charge in [-0.05, 0) is 6.92 Å². The summed E-state index contributed by atoms with van der Waals surface area (Å²) in [5.41, 5.74) is 0. The van der Waals surface area contributed by atoms with Crippen LogP contribution < -0.4 is 5.32 Å². The lowest BCUT2D eigenvalue weighted by Gasteiger charge is -2.12. The third kappa shape index (κ3) is 2.29. The van der Waals surface area contributed by atoms with Crippen LogP contribution in [0.5, 0.6) is 0 Å². The van der Waals surface area contributed by atoms with Gasteiger partial charge in [-0.3, -0.25) is 0 Å². The quantitative estimate of drug-likeness (QED) is 0.823. The number of nitrogens with one attached hydrogen (secondary N) is 1. The average molecular weight is 209 g/mol. The van der Waals surface area contributed by atoms with Gasteiger partial charge in [-0.25, -0.2) is 9.97 Å². The first-order valence-corrected chi connectivity index (χ1v) is 5.11. The Morgan fingerprint density at radius 3 is 3.21 bits per heavy atom. The number of hydrogen-bond acceptors (Lipinski definition) is 5. The molecule has 0 saturated heterocycles. The maximum Gasteiger partial charge on any atom is 0.202 e. The van der Waals surface area contributed by atoms with Gasteiger partial charge in [0, 0.05) is 36.5 Å². The molecule has 0 radical (unpaired) electrons. The molecule has 0 aromatic carbocycles. The Morgan fingerprint density at radius 2 is 2.57 bits per heavy atom. The second-order valence-corrected chi connectivity index (χ2v) is 3.83. The first kappa shape index (κ1) is 9.14. The van der Waals surface area contributed by atoms with Crippen LogP contribution in [0.3, 0.4) is 0 Å². The van der Waals surface area contributed by atoms with Gasteiger partial charge in [-0.15, -0.1) is 0 Å². The molecule has 74 valence electrons. The molecule has 2 aromatic rings. The topological polar surface area (TPSA) is 55.6 Å². The van der Waals surface area contributed by atoms with E-state index in [0.717, 1.165) is 11.7 Å². The van der Waals surface area contributed by atoms with Crippen LogP contribution in [0.2, 0.25) is 0 Å². The molecule has 0 bridgehead atoms. The Balaban J connectivity index is 1.88. The van der Waals surface area contributed by atoms with Crippen molar-refractivity contribution in [1.29, 1.82) is 0 Å². The Kier molecular flexibility index (Phi) is 2.73. The molecule has 0 fully saturated rings. The van der Waals surface area contributed by atoms with Crippen molar-refractivity contribution in [2.75, 3.05) is 5.32 Å². The number of nitrogens with zero attached hydrogens (tertiary/aromatic N) is 4. The SMILES string of the molecule is CC(Cn1ccnc1)Nc1ncns1. The van der Waals surface area contributed by atoms with E-state index in [2.05, 4.69) is 26.6 Å². The summed E-state index contributed by atoms with van der Waals surface area (Å²) in [4.78, 5) is 8.04. The average Bonchev–Trinajstić information content (AvgIpc) is 2.76. The van der Waals surface area contributed by atoms with E-state index in [9.17, 15) is 0 Å². The third-order valence-electron chi connectivity index (χ3n) is 1.78. The fourth-order valence-electron chi connectivity index (χ4n) is 1.20. The second-order valence-electron chi connectivity index (χ2n) is 3.05. The lowest BCUT2D eigenvalue weighted by molar-refractivity contribution is 0.618. The molecule has 5 nitrogen and oxygen atoms in total. The van der Waals surface area contributed by atoms with E-state index in [1.807, 2.05) is 10.8 Å². The Bertz CT molecular complexity index is 319. The van der Waals surface area contributed by atoms with Crippen molar-refractivity contribution in [2.45, 2.75) is 19.5 Å². The molecular formula is C8H11N5S. The molecular weight excluding hydrogens is 198 g/mol. The summed E-state index contributed by atoms with van der Waals surface area (Å²) in [6.07, 6.45) is 7.07. The van der Waals surface area contributed by atoms with E-state index in [0.29, 0.717) is 6.04 Å². The smallest absolute Gasteiger partial charge is 0.202 e. The first-order valence-electron chi connectivity index (χ1n) is 4.33. The molecule has 14 heavy (non-hydrogen) atoms. The monoisotopic (exact) mass is 209 g/mol. The van der Waals surface area contributed by atoms with Crippen LogP contribution in [0.4, 0.5) is 5.13 Å². The van der Waals surface area contributed by atoms with Gasteiger partial charge in [0.1, 0.15) is 6.33 Å². The van der Waals surface area contributed by atoms with Gasteiger partial charge < -0.3 is 9.88 Å². The van der Waals surface area contributed by atoms with Crippen LogP contribution in [-0.2, 0) is 6.54 Å². The molecule has 2 heterocycles. The molecule has 6 heteroatoms. The second kappa shape index (κ2) is 4.19. The first-order chi connectivity index (χ1) is 6.84. The van der Waals surface area contributed by atoms with Gasteiger partial charge in [0.2, 0.25) is 5.13 Å². The van der Waals surface area contributed by atoms with Crippen LogP contribution in [0, 0.1) is 0 Å². The van der Waals surface area contributed by atoms with Gasteiger partial charge in [0.15, 0.2) is 0 Å². The molecule has 2 rings (SSSR count). The highest BCUT2D eigenvalue weighted by molar-refractivity contribution is 7.09. The Labute approximate surface area is 86.0 Å². The standard InChI is InChI=1S/C8H11N5S/c1-7(4-13-3-2-9-6-13)12-8-10-5-11-14-8/h2-3,5-7H,4H2,1H3,(H,10,11,12). The van der Waals surface area contributed by atoms with E-state index in [-0.39, 0.29) is 0 Å². The molecule has 1 unspecified atom stereocenters. The lowest BCUT2D eigenvalue weighted by atomic mass is 10.3. The highest BCUT2D eigenvalue weighted by Gasteiger charge is 2.04. The fraction of sp³-hybridized carbons (Fsp3) is 0.375. The molecule has 0 aliphatic heterocycles. The summed E-state index contributed by atoms with van der Waals surface area (Å²) in [5, 5.41) is 4.12. The van der Waals surface area contributed by atoms with Gasteiger partial charge in [0.05, 0.1) is 6.33 Å². The number of hydrogen-bond donors (Lipinski definition) is 1. The van der Waals surface area contributed by atoms with Crippen LogP contribution in [0.15, 0.2) is 25.0 Å². The molecule has 0 aliphatic rings. The van der Waals surface area contributed by atoms with Gasteiger partial charge >= 0.3 is 0 Å². The van der Waals surface area contributed by atoms with Crippen LogP contribution >= 0.6 is 11.5 Å². The van der Waals surface area contributed by atoms with E-state index in [1.165, 1.54) is 11.5 Å². The largest absolute Gasteiger partial charge is 0.356 e. The maximum absolute atomic E-state index is 4.06. The van der Waals surface area contributed by atoms with Crippen molar-refractivity contribution < 1.29 is 0 Å². The molecule has 0 spiro atoms. The maximum atomic E-state index is 4.06. The van der Waals surface area contributed by atoms with E-state index < -0.39 is 0 Å². The Hall–Kier alpha value is -1.43. The highest BCUT2D eigenvalue weighted by atomic mass is 32.1. The summed E-state index contributed by atoms with van der Waals surface area (Å²) in [6.45, 7) is 2.97. The summed E-state index contributed by atoms with van der Waals surface area (Å²) in [6, 6.07) is 0.317. The zero-order valence-electron chi connectivity index (χ0n) is 7.79. The van der Waals surface area contributed by atoms with Crippen LogP contribution in [0.25, 0.3) is 0 Å². The van der Waals surface area contributed by atoms with Gasteiger partial charge in [0.25, 0.3) is 0 Å². The zero-order valence-corrected chi connectivity index (χ0v) is 8.61. The normalized spacial score (nSPS) is 12.6. The van der Waals surface area contributed by atoms with Crippen LogP contribution in [-0.4, -0.2) is 25.0 Å². The molecule has 2 aromatic heterocycles. The minimum atomic E-state index is 0.317. The summed E-state index contributed by atoms with van der Waals surface area (Å²) in [5.74, 6) is 0. The fourth-order valence-corrected chi connectivity index (χ4v) is 1.75. The zero-order chi connectivity index (χ0) is 9.80. The van der Waals surface area contributed by atoms with E-state index in [4.69, 9.17) is 0 Å². The van der Waals surface area contributed by atoms with E-state index >= 15 is 0 Å². The minimum Gasteiger partial charge on any atom is -0.356 e. The number of rotatable bonds is 4. The van der Waals surface area contributed by atoms with E-state index in [1.54, 1.807) is 18.9 Å².